The Labute approximate surface area is 194 Å². The van der Waals surface area contributed by atoms with Gasteiger partial charge in [-0.25, -0.2) is 0 Å². The topological polar surface area (TPSA) is 70.2 Å². The highest BCUT2D eigenvalue weighted by molar-refractivity contribution is 6.05. The predicted molar refractivity (Wildman–Crippen MR) is 135 cm³/mol. The van der Waals surface area contributed by atoms with Crippen molar-refractivity contribution in [2.45, 2.75) is 32.2 Å². The molecule has 1 fully saturated rings. The fourth-order valence-corrected chi connectivity index (χ4v) is 3.93. The molecule has 0 spiro atoms. The van der Waals surface area contributed by atoms with Crippen molar-refractivity contribution < 1.29 is 9.59 Å². The summed E-state index contributed by atoms with van der Waals surface area (Å²) in [6, 6.07) is 23.1. The zero-order valence-electron chi connectivity index (χ0n) is 18.8. The monoisotopic (exact) mass is 439 g/mol. The summed E-state index contributed by atoms with van der Waals surface area (Å²) in [4.78, 5) is 24.8. The second-order valence-corrected chi connectivity index (χ2v) is 8.18. The Morgan fingerprint density at radius 1 is 0.879 bits per heavy atom. The number of carbonyl (C=O) groups excluding carboxylic acids is 2. The van der Waals surface area contributed by atoms with Crippen molar-refractivity contribution >= 4 is 35.3 Å². The van der Waals surface area contributed by atoms with Crippen molar-refractivity contribution in [3.05, 3.63) is 95.1 Å². The van der Waals surface area contributed by atoms with Crippen LogP contribution in [0.2, 0.25) is 0 Å². The van der Waals surface area contributed by atoms with Gasteiger partial charge in [-0.3, -0.25) is 9.59 Å². The molecule has 4 rings (SSSR count). The van der Waals surface area contributed by atoms with Crippen LogP contribution in [0, 0.1) is 0 Å². The lowest BCUT2D eigenvalue weighted by Gasteiger charge is -2.11. The molecule has 0 aliphatic carbocycles. The highest BCUT2D eigenvalue weighted by Gasteiger charge is 2.21. The molecule has 33 heavy (non-hydrogen) atoms. The van der Waals surface area contributed by atoms with E-state index in [4.69, 9.17) is 0 Å². The van der Waals surface area contributed by atoms with E-state index in [9.17, 15) is 9.59 Å². The highest BCUT2D eigenvalue weighted by atomic mass is 16.2. The van der Waals surface area contributed by atoms with Gasteiger partial charge in [0.2, 0.25) is 5.91 Å². The van der Waals surface area contributed by atoms with Crippen molar-refractivity contribution in [3.8, 4) is 0 Å². The number of aryl methyl sites for hydroxylation is 1. The smallest absolute Gasteiger partial charge is 0.255 e. The number of hydrogen-bond donors (Lipinski definition) is 3. The minimum atomic E-state index is -0.0911. The molecule has 2 amide bonds. The molecule has 3 N–H and O–H groups in total. The minimum absolute atomic E-state index is 0.0288. The molecule has 0 radical (unpaired) electrons. The van der Waals surface area contributed by atoms with Crippen LogP contribution in [0.25, 0.3) is 12.2 Å². The number of amides is 2. The summed E-state index contributed by atoms with van der Waals surface area (Å²) in [6.07, 6.45) is 6.80. The molecule has 3 aromatic carbocycles. The molecular formula is C28H29N3O2. The van der Waals surface area contributed by atoms with Crippen molar-refractivity contribution in [1.82, 2.24) is 5.32 Å². The Kier molecular flexibility index (Phi) is 7.33. The van der Waals surface area contributed by atoms with Gasteiger partial charge < -0.3 is 16.0 Å². The van der Waals surface area contributed by atoms with Crippen LogP contribution in [-0.4, -0.2) is 24.4 Å². The van der Waals surface area contributed by atoms with Gasteiger partial charge in [0, 0.05) is 16.9 Å². The molecule has 0 bridgehead atoms. The normalized spacial score (nSPS) is 15.5. The first-order valence-corrected chi connectivity index (χ1v) is 11.4. The van der Waals surface area contributed by atoms with Crippen molar-refractivity contribution in [2.24, 2.45) is 0 Å². The Morgan fingerprint density at radius 2 is 1.48 bits per heavy atom. The van der Waals surface area contributed by atoms with E-state index >= 15 is 0 Å². The zero-order valence-corrected chi connectivity index (χ0v) is 18.8. The molecular weight excluding hydrogens is 410 g/mol. The number of carbonyl (C=O) groups is 2. The molecule has 1 atom stereocenters. The summed E-state index contributed by atoms with van der Waals surface area (Å²) >= 11 is 0. The van der Waals surface area contributed by atoms with Crippen molar-refractivity contribution in [1.29, 1.82) is 0 Å². The van der Waals surface area contributed by atoms with E-state index in [-0.39, 0.29) is 17.9 Å². The van der Waals surface area contributed by atoms with Gasteiger partial charge in [0.25, 0.3) is 5.91 Å². The van der Waals surface area contributed by atoms with Gasteiger partial charge >= 0.3 is 0 Å². The first-order valence-electron chi connectivity index (χ1n) is 11.4. The molecule has 0 saturated carbocycles. The lowest BCUT2D eigenvalue weighted by Crippen LogP contribution is -2.35. The van der Waals surface area contributed by atoms with E-state index in [1.165, 1.54) is 0 Å². The first kappa shape index (κ1) is 22.5. The third-order valence-electron chi connectivity index (χ3n) is 5.83. The lowest BCUT2D eigenvalue weighted by molar-refractivity contribution is -0.117. The molecule has 1 heterocycles. The van der Waals surface area contributed by atoms with E-state index in [2.05, 4.69) is 16.0 Å². The molecule has 5 nitrogen and oxygen atoms in total. The third-order valence-corrected chi connectivity index (χ3v) is 5.83. The molecule has 1 aliphatic heterocycles. The van der Waals surface area contributed by atoms with Crippen molar-refractivity contribution in [3.63, 3.8) is 0 Å². The van der Waals surface area contributed by atoms with Gasteiger partial charge in [-0.15, -0.1) is 0 Å². The SMILES string of the molecule is CCc1ccccc1C(=O)Nc1ccc(/C=C/c2ccc(NC(=O)[C@@H]3CCCN3)cc2)cc1. The van der Waals surface area contributed by atoms with Crippen LogP contribution in [0.5, 0.6) is 0 Å². The van der Waals surface area contributed by atoms with Gasteiger partial charge in [0.1, 0.15) is 0 Å². The van der Waals surface area contributed by atoms with Crippen LogP contribution >= 0.6 is 0 Å². The van der Waals surface area contributed by atoms with E-state index < -0.39 is 0 Å². The second-order valence-electron chi connectivity index (χ2n) is 8.18. The van der Waals surface area contributed by atoms with Gasteiger partial charge in [0.05, 0.1) is 6.04 Å². The van der Waals surface area contributed by atoms with Gasteiger partial charge in [-0.1, -0.05) is 61.5 Å². The quantitative estimate of drug-likeness (QED) is 0.434. The van der Waals surface area contributed by atoms with Crippen LogP contribution < -0.4 is 16.0 Å². The second kappa shape index (κ2) is 10.7. The summed E-state index contributed by atoms with van der Waals surface area (Å²) in [7, 11) is 0. The minimum Gasteiger partial charge on any atom is -0.325 e. The van der Waals surface area contributed by atoms with Crippen LogP contribution in [0.1, 0.15) is 46.8 Å². The first-order chi connectivity index (χ1) is 16.1. The molecule has 0 unspecified atom stereocenters. The third kappa shape index (κ3) is 5.96. The average molecular weight is 440 g/mol. The number of rotatable bonds is 7. The summed E-state index contributed by atoms with van der Waals surface area (Å²) in [6.45, 7) is 2.95. The van der Waals surface area contributed by atoms with E-state index in [0.717, 1.165) is 53.9 Å². The van der Waals surface area contributed by atoms with E-state index in [1.54, 1.807) is 0 Å². The number of anilines is 2. The van der Waals surface area contributed by atoms with Crippen LogP contribution in [0.15, 0.2) is 72.8 Å². The summed E-state index contributed by atoms with van der Waals surface area (Å²) in [5, 5.41) is 9.15. The number of nitrogens with one attached hydrogen (secondary N) is 3. The molecule has 0 aromatic heterocycles. The van der Waals surface area contributed by atoms with Crippen LogP contribution in [0.4, 0.5) is 11.4 Å². The lowest BCUT2D eigenvalue weighted by atomic mass is 10.0. The Balaban J connectivity index is 1.33. The van der Waals surface area contributed by atoms with Gasteiger partial charge in [-0.05, 0) is 72.8 Å². The standard InChI is InChI=1S/C28H29N3O2/c1-2-22-6-3-4-7-25(22)27(32)30-23-15-11-20(12-16-23)9-10-21-13-17-24(18-14-21)31-28(33)26-8-5-19-29-26/h3-4,6-7,9-18,26,29H,2,5,8,19H2,1H3,(H,30,32)(H,31,33)/b10-9+/t26-/m0/s1. The fourth-order valence-electron chi connectivity index (χ4n) is 3.93. The largest absolute Gasteiger partial charge is 0.325 e. The molecule has 5 heteroatoms. The van der Waals surface area contributed by atoms with E-state index in [0.29, 0.717) is 5.56 Å². The van der Waals surface area contributed by atoms with Crippen molar-refractivity contribution in [2.75, 3.05) is 17.2 Å². The Hall–Kier alpha value is -3.70. The van der Waals surface area contributed by atoms with Gasteiger partial charge in [0.15, 0.2) is 0 Å². The molecule has 3 aromatic rings. The maximum absolute atomic E-state index is 12.6. The predicted octanol–water partition coefficient (Wildman–Crippen LogP) is 5.36. The highest BCUT2D eigenvalue weighted by Crippen LogP contribution is 2.17. The summed E-state index contributed by atoms with van der Waals surface area (Å²) < 4.78 is 0. The molecule has 1 aliphatic rings. The molecule has 168 valence electrons. The maximum atomic E-state index is 12.6. The number of benzene rings is 3. The van der Waals surface area contributed by atoms with E-state index in [1.807, 2.05) is 91.9 Å². The fraction of sp³-hybridized carbons (Fsp3) is 0.214. The molecule has 1 saturated heterocycles. The Bertz CT molecular complexity index is 1130. The Morgan fingerprint density at radius 3 is 2.06 bits per heavy atom. The van der Waals surface area contributed by atoms with Crippen LogP contribution in [0.3, 0.4) is 0 Å². The van der Waals surface area contributed by atoms with Gasteiger partial charge in [-0.2, -0.15) is 0 Å². The average Bonchev–Trinajstić information content (AvgIpc) is 3.40. The van der Waals surface area contributed by atoms with Crippen LogP contribution in [-0.2, 0) is 11.2 Å². The zero-order chi connectivity index (χ0) is 23.0. The summed E-state index contributed by atoms with van der Waals surface area (Å²) in [5.74, 6) is -0.0622. The number of hydrogen-bond acceptors (Lipinski definition) is 3. The maximum Gasteiger partial charge on any atom is 0.255 e. The summed E-state index contributed by atoms with van der Waals surface area (Å²) in [5.41, 5.74) is 5.39.